The Balaban J connectivity index is 1.66. The smallest absolute Gasteiger partial charge is 0.315 e. The van der Waals surface area contributed by atoms with E-state index in [2.05, 4.69) is 15.5 Å². The quantitative estimate of drug-likeness (QED) is 0.742. The van der Waals surface area contributed by atoms with Gasteiger partial charge in [-0.15, -0.1) is 11.3 Å². The average molecular weight is 346 g/mol. The van der Waals surface area contributed by atoms with Crippen LogP contribution in [0.15, 0.2) is 12.1 Å². The van der Waals surface area contributed by atoms with Crippen LogP contribution in [-0.4, -0.2) is 48.3 Å². The van der Waals surface area contributed by atoms with Crippen LogP contribution >= 0.6 is 22.9 Å². The number of carbonyl (C=O) groups is 1. The molecule has 1 aliphatic heterocycles. The minimum atomic E-state index is -0.722. The molecule has 0 spiro atoms. The van der Waals surface area contributed by atoms with Gasteiger partial charge in [0.15, 0.2) is 0 Å². The summed E-state index contributed by atoms with van der Waals surface area (Å²) in [5, 5.41) is 15.6. The van der Waals surface area contributed by atoms with E-state index in [1.165, 1.54) is 30.6 Å². The lowest BCUT2D eigenvalue weighted by Crippen LogP contribution is -2.47. The molecule has 1 saturated heterocycles. The predicted octanol–water partition coefficient (Wildman–Crippen LogP) is 2.61. The molecule has 2 rings (SSSR count). The van der Waals surface area contributed by atoms with Crippen molar-refractivity contribution in [3.05, 3.63) is 21.3 Å². The first kappa shape index (κ1) is 17.5. The van der Waals surface area contributed by atoms with E-state index in [9.17, 15) is 9.90 Å². The topological polar surface area (TPSA) is 64.6 Å². The van der Waals surface area contributed by atoms with Gasteiger partial charge in [-0.2, -0.15) is 0 Å². The SMILES string of the molecule is C[C@@H](CN1CCCCC1)NC(=O)NC[C@H](O)c1ccc(Cl)s1. The number of carbonyl (C=O) groups excluding carboxylic acids is 1. The number of nitrogens with one attached hydrogen (secondary N) is 2. The average Bonchev–Trinajstić information content (AvgIpc) is 2.92. The highest BCUT2D eigenvalue weighted by molar-refractivity contribution is 7.16. The number of halogens is 1. The number of hydrogen-bond donors (Lipinski definition) is 3. The van der Waals surface area contributed by atoms with Crippen molar-refractivity contribution in [2.45, 2.75) is 38.3 Å². The number of urea groups is 1. The van der Waals surface area contributed by atoms with E-state index < -0.39 is 6.10 Å². The summed E-state index contributed by atoms with van der Waals surface area (Å²) in [6.45, 7) is 5.29. The number of aliphatic hydroxyl groups is 1. The van der Waals surface area contributed by atoms with Gasteiger partial charge in [-0.1, -0.05) is 18.0 Å². The van der Waals surface area contributed by atoms with Crippen molar-refractivity contribution >= 4 is 29.0 Å². The maximum absolute atomic E-state index is 11.9. The highest BCUT2D eigenvalue weighted by Gasteiger charge is 2.16. The fourth-order valence-electron chi connectivity index (χ4n) is 2.65. The van der Waals surface area contributed by atoms with Crippen LogP contribution in [0.25, 0.3) is 0 Å². The normalized spacial score (nSPS) is 18.7. The number of aliphatic hydroxyl groups excluding tert-OH is 1. The van der Waals surface area contributed by atoms with Crippen LogP contribution in [0.5, 0.6) is 0 Å². The molecule has 1 aliphatic rings. The molecule has 1 aromatic heterocycles. The number of piperidine rings is 1. The third kappa shape index (κ3) is 5.76. The van der Waals surface area contributed by atoms with Crippen molar-refractivity contribution in [3.63, 3.8) is 0 Å². The third-order valence-corrected chi connectivity index (χ3v) is 5.07. The van der Waals surface area contributed by atoms with Crippen LogP contribution in [-0.2, 0) is 0 Å². The Bertz CT molecular complexity index is 477. The van der Waals surface area contributed by atoms with Crippen molar-refractivity contribution in [2.75, 3.05) is 26.2 Å². The molecule has 1 fully saturated rings. The first-order chi connectivity index (χ1) is 10.5. The fourth-order valence-corrected chi connectivity index (χ4v) is 3.69. The zero-order valence-corrected chi connectivity index (χ0v) is 14.4. The van der Waals surface area contributed by atoms with Gasteiger partial charge in [0.2, 0.25) is 0 Å². The summed E-state index contributed by atoms with van der Waals surface area (Å²) in [6.07, 6.45) is 3.08. The number of amides is 2. The highest BCUT2D eigenvalue weighted by Crippen LogP contribution is 2.26. The van der Waals surface area contributed by atoms with Crippen LogP contribution in [0.1, 0.15) is 37.2 Å². The fraction of sp³-hybridized carbons (Fsp3) is 0.667. The molecule has 5 nitrogen and oxygen atoms in total. The van der Waals surface area contributed by atoms with Gasteiger partial charge in [0, 0.05) is 17.5 Å². The number of likely N-dealkylation sites (tertiary alicyclic amines) is 1. The van der Waals surface area contributed by atoms with Gasteiger partial charge >= 0.3 is 6.03 Å². The van der Waals surface area contributed by atoms with E-state index in [-0.39, 0.29) is 18.6 Å². The maximum atomic E-state index is 11.9. The van der Waals surface area contributed by atoms with Crippen molar-refractivity contribution in [2.24, 2.45) is 0 Å². The second kappa shape index (κ2) is 8.72. The van der Waals surface area contributed by atoms with E-state index in [0.717, 1.165) is 24.5 Å². The summed E-state index contributed by atoms with van der Waals surface area (Å²) < 4.78 is 0.633. The summed E-state index contributed by atoms with van der Waals surface area (Å²) in [7, 11) is 0. The Kier molecular flexibility index (Phi) is 6.95. The van der Waals surface area contributed by atoms with Gasteiger partial charge < -0.3 is 20.6 Å². The van der Waals surface area contributed by atoms with Gasteiger partial charge in [0.1, 0.15) is 6.10 Å². The standard InChI is InChI=1S/C15H24ClN3O2S/c1-11(10-19-7-3-2-4-8-19)18-15(21)17-9-12(20)13-5-6-14(16)22-13/h5-6,11-12,20H,2-4,7-10H2,1H3,(H2,17,18,21)/t11-,12-/m0/s1. The number of thiophene rings is 1. The molecule has 0 saturated carbocycles. The van der Waals surface area contributed by atoms with E-state index >= 15 is 0 Å². The first-order valence-corrected chi connectivity index (χ1v) is 8.94. The molecule has 1 aromatic rings. The molecule has 22 heavy (non-hydrogen) atoms. The Morgan fingerprint density at radius 3 is 2.77 bits per heavy atom. The Morgan fingerprint density at radius 2 is 2.14 bits per heavy atom. The lowest BCUT2D eigenvalue weighted by Gasteiger charge is -2.29. The minimum Gasteiger partial charge on any atom is -0.386 e. The second-order valence-corrected chi connectivity index (χ2v) is 7.52. The molecule has 2 atom stereocenters. The molecule has 0 aliphatic carbocycles. The lowest BCUT2D eigenvalue weighted by molar-refractivity contribution is 0.173. The van der Waals surface area contributed by atoms with E-state index in [4.69, 9.17) is 11.6 Å². The number of hydrogen-bond acceptors (Lipinski definition) is 4. The van der Waals surface area contributed by atoms with Crippen molar-refractivity contribution in [1.29, 1.82) is 0 Å². The van der Waals surface area contributed by atoms with Gasteiger partial charge in [0.25, 0.3) is 0 Å². The lowest BCUT2D eigenvalue weighted by atomic mass is 10.1. The molecule has 0 unspecified atom stereocenters. The van der Waals surface area contributed by atoms with Crippen molar-refractivity contribution < 1.29 is 9.90 Å². The van der Waals surface area contributed by atoms with Crippen molar-refractivity contribution in [3.8, 4) is 0 Å². The Morgan fingerprint density at radius 1 is 1.41 bits per heavy atom. The molecule has 0 aromatic carbocycles. The van der Waals surface area contributed by atoms with Gasteiger partial charge in [0.05, 0.1) is 10.9 Å². The van der Waals surface area contributed by atoms with Gasteiger partial charge in [-0.25, -0.2) is 4.79 Å². The van der Waals surface area contributed by atoms with Gasteiger partial charge in [-0.05, 0) is 45.0 Å². The Labute approximate surface area is 140 Å². The van der Waals surface area contributed by atoms with E-state index in [1.54, 1.807) is 12.1 Å². The van der Waals surface area contributed by atoms with Crippen LogP contribution in [0.2, 0.25) is 4.34 Å². The summed E-state index contributed by atoms with van der Waals surface area (Å²) in [5.41, 5.74) is 0. The third-order valence-electron chi connectivity index (χ3n) is 3.74. The molecular formula is C15H24ClN3O2S. The van der Waals surface area contributed by atoms with Crippen LogP contribution < -0.4 is 10.6 Å². The molecule has 2 amide bonds. The Hall–Kier alpha value is -0.820. The summed E-state index contributed by atoms with van der Waals surface area (Å²) in [4.78, 5) is 15.0. The highest BCUT2D eigenvalue weighted by atomic mass is 35.5. The summed E-state index contributed by atoms with van der Waals surface area (Å²) >= 11 is 7.15. The zero-order valence-electron chi connectivity index (χ0n) is 12.8. The van der Waals surface area contributed by atoms with E-state index in [1.807, 2.05) is 6.92 Å². The van der Waals surface area contributed by atoms with Crippen LogP contribution in [0, 0.1) is 0 Å². The zero-order chi connectivity index (χ0) is 15.9. The second-order valence-electron chi connectivity index (χ2n) is 5.77. The number of rotatable bonds is 6. The first-order valence-electron chi connectivity index (χ1n) is 7.74. The molecular weight excluding hydrogens is 322 g/mol. The monoisotopic (exact) mass is 345 g/mol. The van der Waals surface area contributed by atoms with E-state index in [0.29, 0.717) is 4.34 Å². The minimum absolute atomic E-state index is 0.0893. The van der Waals surface area contributed by atoms with Crippen molar-refractivity contribution in [1.82, 2.24) is 15.5 Å². The molecule has 124 valence electrons. The van der Waals surface area contributed by atoms with Crippen LogP contribution in [0.4, 0.5) is 4.79 Å². The van der Waals surface area contributed by atoms with Crippen LogP contribution in [0.3, 0.4) is 0 Å². The molecule has 0 radical (unpaired) electrons. The molecule has 7 heteroatoms. The largest absolute Gasteiger partial charge is 0.386 e. The summed E-state index contributed by atoms with van der Waals surface area (Å²) in [5.74, 6) is 0. The maximum Gasteiger partial charge on any atom is 0.315 e. The molecule has 2 heterocycles. The number of nitrogens with zero attached hydrogens (tertiary/aromatic N) is 1. The predicted molar refractivity (Wildman–Crippen MR) is 90.6 cm³/mol. The summed E-state index contributed by atoms with van der Waals surface area (Å²) in [6, 6.07) is 3.36. The van der Waals surface area contributed by atoms with Gasteiger partial charge in [-0.3, -0.25) is 0 Å². The molecule has 3 N–H and O–H groups in total. The molecule has 0 bridgehead atoms.